The van der Waals surface area contributed by atoms with Gasteiger partial charge >= 0.3 is 0 Å². The molecule has 0 aliphatic carbocycles. The zero-order valence-electron chi connectivity index (χ0n) is 14.8. The topological polar surface area (TPSA) is 49.4 Å². The summed E-state index contributed by atoms with van der Waals surface area (Å²) in [6.45, 7) is 6.75. The smallest absolute Gasteiger partial charge is 0.225 e. The molecule has 1 saturated heterocycles. The van der Waals surface area contributed by atoms with Crippen LogP contribution in [0.3, 0.4) is 0 Å². The zero-order chi connectivity index (χ0) is 17.7. The normalized spacial score (nSPS) is 19.0. The number of nitrogens with zero attached hydrogens (tertiary/aromatic N) is 1. The first-order valence-corrected chi connectivity index (χ1v) is 8.78. The van der Waals surface area contributed by atoms with Crippen molar-refractivity contribution in [3.63, 3.8) is 0 Å². The highest BCUT2D eigenvalue weighted by Gasteiger charge is 2.28. The molecule has 1 amide bonds. The average Bonchev–Trinajstić information content (AvgIpc) is 2.54. The van der Waals surface area contributed by atoms with E-state index >= 15 is 0 Å². The third-order valence-corrected chi connectivity index (χ3v) is 4.59. The van der Waals surface area contributed by atoms with E-state index in [-0.39, 0.29) is 29.2 Å². The van der Waals surface area contributed by atoms with Crippen molar-refractivity contribution >= 4 is 17.4 Å². The van der Waals surface area contributed by atoms with Crippen LogP contribution < -0.4 is 10.2 Å². The maximum atomic E-state index is 14.0. The van der Waals surface area contributed by atoms with Crippen LogP contribution >= 0.6 is 0 Å². The van der Waals surface area contributed by atoms with Crippen molar-refractivity contribution in [3.05, 3.63) is 29.6 Å². The van der Waals surface area contributed by atoms with Crippen LogP contribution in [-0.2, 0) is 4.79 Å². The summed E-state index contributed by atoms with van der Waals surface area (Å²) in [4.78, 5) is 26.3. The van der Waals surface area contributed by atoms with E-state index in [1.165, 1.54) is 13.0 Å². The van der Waals surface area contributed by atoms with Crippen molar-refractivity contribution in [1.29, 1.82) is 0 Å². The predicted molar refractivity (Wildman–Crippen MR) is 93.9 cm³/mol. The van der Waals surface area contributed by atoms with Crippen LogP contribution in [0.5, 0.6) is 0 Å². The average molecular weight is 334 g/mol. The minimum absolute atomic E-state index is 0.0569. The molecule has 0 saturated carbocycles. The second-order valence-corrected chi connectivity index (χ2v) is 6.67. The van der Waals surface area contributed by atoms with Crippen molar-refractivity contribution in [3.8, 4) is 0 Å². The van der Waals surface area contributed by atoms with Crippen LogP contribution in [0.25, 0.3) is 0 Å². The third kappa shape index (κ3) is 4.34. The molecule has 0 aromatic heterocycles. The maximum absolute atomic E-state index is 14.0. The third-order valence-electron chi connectivity index (χ3n) is 4.59. The molecule has 1 aromatic carbocycles. The summed E-state index contributed by atoms with van der Waals surface area (Å²) in [5.41, 5.74) is 0.722. The van der Waals surface area contributed by atoms with Gasteiger partial charge in [0, 0.05) is 19.1 Å². The highest BCUT2D eigenvalue weighted by atomic mass is 19.1. The van der Waals surface area contributed by atoms with Gasteiger partial charge in [0.05, 0.1) is 17.2 Å². The van der Waals surface area contributed by atoms with Gasteiger partial charge in [-0.05, 0) is 45.2 Å². The number of carbonyl (C=O) groups excluding carboxylic acids is 2. The molecule has 0 radical (unpaired) electrons. The van der Waals surface area contributed by atoms with Gasteiger partial charge in [0.2, 0.25) is 5.91 Å². The second-order valence-electron chi connectivity index (χ2n) is 6.67. The van der Waals surface area contributed by atoms with Crippen molar-refractivity contribution in [2.45, 2.75) is 52.5 Å². The molecule has 2 atom stereocenters. The molecule has 24 heavy (non-hydrogen) atoms. The van der Waals surface area contributed by atoms with Crippen molar-refractivity contribution in [2.24, 2.45) is 5.92 Å². The summed E-state index contributed by atoms with van der Waals surface area (Å²) in [5.74, 6) is -0.850. The Morgan fingerprint density at radius 2 is 2.17 bits per heavy atom. The lowest BCUT2D eigenvalue weighted by Crippen LogP contribution is -2.45. The van der Waals surface area contributed by atoms with E-state index in [1.54, 1.807) is 12.1 Å². The Morgan fingerprint density at radius 1 is 1.42 bits per heavy atom. The molecule has 1 aliphatic rings. The lowest BCUT2D eigenvalue weighted by molar-refractivity contribution is -0.125. The molecule has 2 unspecified atom stereocenters. The molecular weight excluding hydrogens is 307 g/mol. The van der Waals surface area contributed by atoms with Gasteiger partial charge in [0.15, 0.2) is 5.78 Å². The SMILES string of the molecule is CCCC(C)NC(=O)C1CCCN(c2cccc(F)c2C(C)=O)C1. The Kier molecular flexibility index (Phi) is 6.35. The van der Waals surface area contributed by atoms with Gasteiger partial charge in [0.1, 0.15) is 5.82 Å². The molecule has 0 spiro atoms. The van der Waals surface area contributed by atoms with Crippen LogP contribution in [0.1, 0.15) is 56.8 Å². The number of Topliss-reactive ketones (excluding diaryl/α,β-unsaturated/α-hetero) is 1. The Labute approximate surface area is 143 Å². The second kappa shape index (κ2) is 8.27. The molecule has 132 valence electrons. The lowest BCUT2D eigenvalue weighted by Gasteiger charge is -2.35. The van der Waals surface area contributed by atoms with Crippen LogP contribution in [0, 0.1) is 11.7 Å². The van der Waals surface area contributed by atoms with Crippen LogP contribution in [0.15, 0.2) is 18.2 Å². The van der Waals surface area contributed by atoms with Gasteiger partial charge in [-0.3, -0.25) is 9.59 Å². The first kappa shape index (κ1) is 18.4. The standard InChI is InChI=1S/C19H27FN2O2/c1-4-7-13(2)21-19(24)15-8-6-11-22(12-15)17-10-5-9-16(20)18(17)14(3)23/h5,9-10,13,15H,4,6-8,11-12H2,1-3H3,(H,21,24). The number of rotatable bonds is 6. The van der Waals surface area contributed by atoms with Gasteiger partial charge in [-0.25, -0.2) is 4.39 Å². The monoisotopic (exact) mass is 334 g/mol. The largest absolute Gasteiger partial charge is 0.370 e. The molecule has 5 heteroatoms. The summed E-state index contributed by atoms with van der Waals surface area (Å²) in [5, 5.41) is 3.06. The van der Waals surface area contributed by atoms with E-state index in [4.69, 9.17) is 0 Å². The molecule has 4 nitrogen and oxygen atoms in total. The predicted octanol–water partition coefficient (Wildman–Crippen LogP) is 3.55. The minimum atomic E-state index is -0.497. The minimum Gasteiger partial charge on any atom is -0.370 e. The van der Waals surface area contributed by atoms with Crippen LogP contribution in [0.2, 0.25) is 0 Å². The Balaban J connectivity index is 2.13. The molecule has 1 N–H and O–H groups in total. The van der Waals surface area contributed by atoms with E-state index in [0.717, 1.165) is 32.2 Å². The number of halogens is 1. The van der Waals surface area contributed by atoms with E-state index in [9.17, 15) is 14.0 Å². The Bertz CT molecular complexity index is 603. The molecule has 0 bridgehead atoms. The van der Waals surface area contributed by atoms with Crippen LogP contribution in [-0.4, -0.2) is 30.8 Å². The Hall–Kier alpha value is -1.91. The number of amides is 1. The number of piperidine rings is 1. The number of anilines is 1. The van der Waals surface area contributed by atoms with Gasteiger partial charge in [-0.15, -0.1) is 0 Å². The van der Waals surface area contributed by atoms with Crippen molar-refractivity contribution < 1.29 is 14.0 Å². The number of hydrogen-bond donors (Lipinski definition) is 1. The number of benzene rings is 1. The summed E-state index contributed by atoms with van der Waals surface area (Å²) < 4.78 is 14.0. The van der Waals surface area contributed by atoms with E-state index in [2.05, 4.69) is 12.2 Å². The van der Waals surface area contributed by atoms with Gasteiger partial charge in [0.25, 0.3) is 0 Å². The molecule has 1 heterocycles. The quantitative estimate of drug-likeness (QED) is 0.810. The first-order valence-electron chi connectivity index (χ1n) is 8.78. The molecule has 1 fully saturated rings. The van der Waals surface area contributed by atoms with Gasteiger partial charge < -0.3 is 10.2 Å². The lowest BCUT2D eigenvalue weighted by atomic mass is 9.95. The fourth-order valence-electron chi connectivity index (χ4n) is 3.40. The number of ketones is 1. The van der Waals surface area contributed by atoms with E-state index in [0.29, 0.717) is 12.2 Å². The summed E-state index contributed by atoms with van der Waals surface area (Å²) >= 11 is 0. The van der Waals surface area contributed by atoms with Crippen LogP contribution in [0.4, 0.5) is 10.1 Å². The zero-order valence-corrected chi connectivity index (χ0v) is 14.8. The number of carbonyl (C=O) groups is 2. The van der Waals surface area contributed by atoms with E-state index in [1.807, 2.05) is 11.8 Å². The molecule has 2 rings (SSSR count). The summed E-state index contributed by atoms with van der Waals surface area (Å²) in [7, 11) is 0. The van der Waals surface area contributed by atoms with E-state index < -0.39 is 5.82 Å². The molecule has 1 aromatic rings. The molecular formula is C19H27FN2O2. The fraction of sp³-hybridized carbons (Fsp3) is 0.579. The van der Waals surface area contributed by atoms with Gasteiger partial charge in [-0.2, -0.15) is 0 Å². The Morgan fingerprint density at radius 3 is 2.83 bits per heavy atom. The number of hydrogen-bond acceptors (Lipinski definition) is 3. The number of nitrogens with one attached hydrogen (secondary N) is 1. The highest BCUT2D eigenvalue weighted by Crippen LogP contribution is 2.28. The summed E-state index contributed by atoms with van der Waals surface area (Å²) in [6, 6.07) is 4.85. The van der Waals surface area contributed by atoms with Gasteiger partial charge in [-0.1, -0.05) is 19.4 Å². The molecule has 1 aliphatic heterocycles. The maximum Gasteiger partial charge on any atom is 0.225 e. The first-order chi connectivity index (χ1) is 11.4. The highest BCUT2D eigenvalue weighted by molar-refractivity contribution is 6.00. The fourth-order valence-corrected chi connectivity index (χ4v) is 3.40. The summed E-state index contributed by atoms with van der Waals surface area (Å²) in [6.07, 6.45) is 3.67. The van der Waals surface area contributed by atoms with Crippen molar-refractivity contribution in [1.82, 2.24) is 5.32 Å². The van der Waals surface area contributed by atoms with Crippen molar-refractivity contribution in [2.75, 3.05) is 18.0 Å².